The fourth-order valence-corrected chi connectivity index (χ4v) is 6.02. The minimum atomic E-state index is 0.305. The van der Waals surface area contributed by atoms with Gasteiger partial charge in [0, 0.05) is 17.8 Å². The Labute approximate surface area is 229 Å². The second kappa shape index (κ2) is 10.3. The van der Waals surface area contributed by atoms with Crippen molar-refractivity contribution in [2.75, 3.05) is 5.32 Å². The topological polar surface area (TPSA) is 33.6 Å². The van der Waals surface area contributed by atoms with Crippen LogP contribution in [-0.2, 0) is 6.61 Å². The first-order chi connectivity index (χ1) is 19.3. The first kappa shape index (κ1) is 23.5. The highest BCUT2D eigenvalue weighted by Gasteiger charge is 2.37. The van der Waals surface area contributed by atoms with Gasteiger partial charge in [-0.1, -0.05) is 84.9 Å². The molecule has 0 saturated carbocycles. The molecule has 1 aliphatic carbocycles. The van der Waals surface area contributed by atoms with Gasteiger partial charge in [0.05, 0.1) is 11.7 Å². The van der Waals surface area contributed by atoms with E-state index in [1.165, 1.54) is 33.2 Å². The number of rotatable bonds is 6. The summed E-state index contributed by atoms with van der Waals surface area (Å²) in [6.45, 7) is 0.542. The van der Waals surface area contributed by atoms with Crippen molar-refractivity contribution >= 4 is 28.4 Å². The van der Waals surface area contributed by atoms with Crippen LogP contribution in [0.3, 0.4) is 0 Å². The van der Waals surface area contributed by atoms with Crippen LogP contribution < -0.4 is 10.1 Å². The van der Waals surface area contributed by atoms with Crippen molar-refractivity contribution in [3.8, 4) is 5.75 Å². The van der Waals surface area contributed by atoms with E-state index in [4.69, 9.17) is 9.73 Å². The van der Waals surface area contributed by atoms with Crippen LogP contribution in [-0.4, -0.2) is 6.21 Å². The van der Waals surface area contributed by atoms with E-state index >= 15 is 0 Å². The number of fused-ring (bicyclic) bond motifs is 4. The molecule has 190 valence electrons. The molecule has 0 spiro atoms. The van der Waals surface area contributed by atoms with Crippen molar-refractivity contribution in [1.82, 2.24) is 0 Å². The molecule has 3 heteroatoms. The van der Waals surface area contributed by atoms with E-state index in [0.717, 1.165) is 23.4 Å². The first-order valence-electron chi connectivity index (χ1n) is 13.7. The summed E-state index contributed by atoms with van der Waals surface area (Å²) < 4.78 is 6.09. The molecule has 1 aliphatic heterocycles. The Morgan fingerprint density at radius 2 is 1.59 bits per heavy atom. The van der Waals surface area contributed by atoms with E-state index in [0.29, 0.717) is 24.5 Å². The van der Waals surface area contributed by atoms with Crippen LogP contribution >= 0.6 is 0 Å². The van der Waals surface area contributed by atoms with Crippen LogP contribution in [0.15, 0.2) is 132 Å². The third kappa shape index (κ3) is 4.72. The summed E-state index contributed by atoms with van der Waals surface area (Å²) in [6.07, 6.45) is 7.74. The van der Waals surface area contributed by atoms with Gasteiger partial charge in [-0.3, -0.25) is 4.99 Å². The minimum Gasteiger partial charge on any atom is -0.489 e. The van der Waals surface area contributed by atoms with Crippen molar-refractivity contribution in [2.45, 2.75) is 25.0 Å². The van der Waals surface area contributed by atoms with E-state index in [2.05, 4.69) is 108 Å². The lowest BCUT2D eigenvalue weighted by Crippen LogP contribution is -2.28. The van der Waals surface area contributed by atoms with Crippen molar-refractivity contribution in [2.24, 2.45) is 10.9 Å². The zero-order valence-corrected chi connectivity index (χ0v) is 21.7. The van der Waals surface area contributed by atoms with Crippen LogP contribution in [0.25, 0.3) is 10.8 Å². The minimum absolute atomic E-state index is 0.305. The SMILES string of the molecule is C1=C[C@@H]2c3ccccc3N[C@H](c3ccc(N=Cc4ccc(OCc5cccc6ccccc56)cc4)cc3)[C@H]2C1. The molecule has 3 atom stereocenters. The molecule has 2 aliphatic rings. The van der Waals surface area contributed by atoms with Gasteiger partial charge in [-0.2, -0.15) is 0 Å². The molecule has 5 aromatic carbocycles. The molecule has 5 aromatic rings. The zero-order valence-electron chi connectivity index (χ0n) is 21.7. The Bertz CT molecular complexity index is 1660. The van der Waals surface area contributed by atoms with E-state index in [1.54, 1.807) is 0 Å². The third-order valence-corrected chi connectivity index (χ3v) is 8.04. The number of allylic oxidation sites excluding steroid dienone is 2. The standard InChI is InChI=1S/C36H30N2O/c1-2-10-31-26(7-1)8-5-9-28(31)24-39-30-21-15-25(16-22-30)23-37-29-19-17-27(18-20-29)36-34-13-6-12-32(34)33-11-3-4-14-35(33)38-36/h1-12,14-23,32,34,36,38H,13,24H2/t32-,34+,36-/m1/s1. The summed E-state index contributed by atoms with van der Waals surface area (Å²) in [7, 11) is 0. The summed E-state index contributed by atoms with van der Waals surface area (Å²) in [5.74, 6) is 1.89. The number of nitrogens with zero attached hydrogens (tertiary/aromatic N) is 1. The maximum atomic E-state index is 6.09. The molecule has 1 heterocycles. The highest BCUT2D eigenvalue weighted by atomic mass is 16.5. The van der Waals surface area contributed by atoms with Gasteiger partial charge in [-0.25, -0.2) is 0 Å². The molecule has 0 unspecified atom stereocenters. The second-order valence-electron chi connectivity index (χ2n) is 10.4. The Kier molecular flexibility index (Phi) is 6.18. The van der Waals surface area contributed by atoms with Gasteiger partial charge in [-0.15, -0.1) is 0 Å². The lowest BCUT2D eigenvalue weighted by Gasteiger charge is -2.37. The molecule has 0 saturated heterocycles. The Morgan fingerprint density at radius 3 is 2.49 bits per heavy atom. The molecule has 0 aromatic heterocycles. The fourth-order valence-electron chi connectivity index (χ4n) is 6.02. The number of anilines is 1. The van der Waals surface area contributed by atoms with Gasteiger partial charge < -0.3 is 10.1 Å². The predicted molar refractivity (Wildman–Crippen MR) is 161 cm³/mol. The van der Waals surface area contributed by atoms with Crippen LogP contribution in [0, 0.1) is 5.92 Å². The molecule has 0 bridgehead atoms. The summed E-state index contributed by atoms with van der Waals surface area (Å²) in [6, 6.07) is 40.6. The van der Waals surface area contributed by atoms with Gasteiger partial charge in [0.25, 0.3) is 0 Å². The largest absolute Gasteiger partial charge is 0.489 e. The normalized spacial score (nSPS) is 19.5. The van der Waals surface area contributed by atoms with Crippen molar-refractivity contribution in [1.29, 1.82) is 0 Å². The Balaban J connectivity index is 1.00. The number of hydrogen-bond acceptors (Lipinski definition) is 3. The number of nitrogens with one attached hydrogen (secondary N) is 1. The monoisotopic (exact) mass is 506 g/mol. The Hall–Kier alpha value is -4.63. The van der Waals surface area contributed by atoms with Crippen molar-refractivity contribution in [3.63, 3.8) is 0 Å². The number of benzene rings is 5. The molecular formula is C36H30N2O. The van der Waals surface area contributed by atoms with Crippen molar-refractivity contribution in [3.05, 3.63) is 150 Å². The smallest absolute Gasteiger partial charge is 0.119 e. The Morgan fingerprint density at radius 1 is 0.795 bits per heavy atom. The van der Waals surface area contributed by atoms with E-state index in [1.807, 2.05) is 30.5 Å². The van der Waals surface area contributed by atoms with Gasteiger partial charge >= 0.3 is 0 Å². The quantitative estimate of drug-likeness (QED) is 0.184. The number of para-hydroxylation sites is 1. The molecular weight excluding hydrogens is 476 g/mol. The van der Waals surface area contributed by atoms with E-state index in [9.17, 15) is 0 Å². The predicted octanol–water partition coefficient (Wildman–Crippen LogP) is 9.00. The van der Waals surface area contributed by atoms with Crippen LogP contribution in [0.4, 0.5) is 11.4 Å². The summed E-state index contributed by atoms with van der Waals surface area (Å²) >= 11 is 0. The van der Waals surface area contributed by atoms with E-state index < -0.39 is 0 Å². The van der Waals surface area contributed by atoms with Crippen LogP contribution in [0.2, 0.25) is 0 Å². The lowest BCUT2D eigenvalue weighted by molar-refractivity contribution is 0.307. The summed E-state index contributed by atoms with van der Waals surface area (Å²) in [4.78, 5) is 4.72. The van der Waals surface area contributed by atoms with Gasteiger partial charge in [0.1, 0.15) is 12.4 Å². The molecule has 0 fully saturated rings. The van der Waals surface area contributed by atoms with Gasteiger partial charge in [-0.05, 0) is 87.8 Å². The third-order valence-electron chi connectivity index (χ3n) is 8.04. The van der Waals surface area contributed by atoms with Gasteiger partial charge in [0.15, 0.2) is 0 Å². The molecule has 7 rings (SSSR count). The summed E-state index contributed by atoms with van der Waals surface area (Å²) in [5.41, 5.74) is 7.17. The van der Waals surface area contributed by atoms with Crippen LogP contribution in [0.5, 0.6) is 5.75 Å². The fraction of sp³-hybridized carbons (Fsp3) is 0.139. The lowest BCUT2D eigenvalue weighted by atomic mass is 9.77. The first-order valence-corrected chi connectivity index (χ1v) is 13.7. The average molecular weight is 507 g/mol. The van der Waals surface area contributed by atoms with Gasteiger partial charge in [0.2, 0.25) is 0 Å². The van der Waals surface area contributed by atoms with E-state index in [-0.39, 0.29) is 0 Å². The average Bonchev–Trinajstić information content (AvgIpc) is 3.50. The maximum Gasteiger partial charge on any atom is 0.119 e. The molecule has 39 heavy (non-hydrogen) atoms. The van der Waals surface area contributed by atoms with Crippen molar-refractivity contribution < 1.29 is 4.74 Å². The number of hydrogen-bond donors (Lipinski definition) is 1. The summed E-state index contributed by atoms with van der Waals surface area (Å²) in [5, 5.41) is 6.28. The molecule has 3 nitrogen and oxygen atoms in total. The zero-order chi connectivity index (χ0) is 26.0. The highest BCUT2D eigenvalue weighted by Crippen LogP contribution is 2.49. The molecule has 0 radical (unpaired) electrons. The number of aliphatic imine (C=N–C) groups is 1. The van der Waals surface area contributed by atoms with Crippen LogP contribution in [0.1, 0.15) is 40.6 Å². The molecule has 1 N–H and O–H groups in total. The number of ether oxygens (including phenoxy) is 1. The highest BCUT2D eigenvalue weighted by molar-refractivity contribution is 5.85. The second-order valence-corrected chi connectivity index (χ2v) is 10.4. The molecule has 0 amide bonds. The maximum absolute atomic E-state index is 6.09.